The Bertz CT molecular complexity index is 442. The van der Waals surface area contributed by atoms with Crippen molar-refractivity contribution in [3.05, 3.63) is 27.8 Å². The predicted octanol–water partition coefficient (Wildman–Crippen LogP) is 2.82. The molecule has 118 valence electrons. The zero-order chi connectivity index (χ0) is 14.4. The highest BCUT2D eigenvalue weighted by atomic mass is 127. The number of rotatable bonds is 5. The van der Waals surface area contributed by atoms with Crippen molar-refractivity contribution in [2.24, 2.45) is 5.73 Å². The van der Waals surface area contributed by atoms with Gasteiger partial charge in [0.05, 0.1) is 6.61 Å². The fourth-order valence-electron chi connectivity index (χ4n) is 2.34. The Morgan fingerprint density at radius 2 is 2.10 bits per heavy atom. The molecular formula is C15H22ClIN2O2. The number of likely N-dealkylation sites (tertiary alicyclic amines) is 1. The number of ether oxygens (including phenoxy) is 1. The maximum atomic E-state index is 12.0. The van der Waals surface area contributed by atoms with Crippen LogP contribution in [0.15, 0.2) is 24.3 Å². The maximum Gasteiger partial charge on any atom is 0.222 e. The van der Waals surface area contributed by atoms with Gasteiger partial charge in [-0.3, -0.25) is 4.79 Å². The van der Waals surface area contributed by atoms with Crippen LogP contribution in [0.5, 0.6) is 5.75 Å². The van der Waals surface area contributed by atoms with E-state index in [1.54, 1.807) is 0 Å². The van der Waals surface area contributed by atoms with E-state index in [9.17, 15) is 4.79 Å². The first-order valence-electron chi connectivity index (χ1n) is 7.07. The topological polar surface area (TPSA) is 55.6 Å². The quantitative estimate of drug-likeness (QED) is 0.584. The molecule has 1 heterocycles. The highest BCUT2D eigenvalue weighted by molar-refractivity contribution is 14.1. The average Bonchev–Trinajstić information content (AvgIpc) is 2.45. The lowest BCUT2D eigenvalue weighted by atomic mass is 10.1. The molecular weight excluding hydrogens is 403 g/mol. The van der Waals surface area contributed by atoms with Crippen LogP contribution in [-0.2, 0) is 4.79 Å². The average molecular weight is 425 g/mol. The van der Waals surface area contributed by atoms with Gasteiger partial charge >= 0.3 is 0 Å². The Morgan fingerprint density at radius 3 is 2.76 bits per heavy atom. The Balaban J connectivity index is 0.00000220. The van der Waals surface area contributed by atoms with E-state index >= 15 is 0 Å². The zero-order valence-corrected chi connectivity index (χ0v) is 14.9. The van der Waals surface area contributed by atoms with E-state index in [1.807, 2.05) is 29.2 Å². The van der Waals surface area contributed by atoms with Crippen LogP contribution in [0.25, 0.3) is 0 Å². The third kappa shape index (κ3) is 6.40. The number of carbonyl (C=O) groups excluding carboxylic acids is 1. The number of benzene rings is 1. The molecule has 0 aromatic heterocycles. The number of piperidine rings is 1. The molecule has 0 bridgehead atoms. The normalized spacial score (nSPS) is 18.0. The molecule has 2 N–H and O–H groups in total. The molecule has 1 aliphatic rings. The van der Waals surface area contributed by atoms with E-state index in [1.165, 1.54) is 3.57 Å². The predicted molar refractivity (Wildman–Crippen MR) is 94.9 cm³/mol. The third-order valence-electron chi connectivity index (χ3n) is 3.43. The second-order valence-corrected chi connectivity index (χ2v) is 6.39. The Labute approximate surface area is 145 Å². The van der Waals surface area contributed by atoms with Crippen molar-refractivity contribution in [2.45, 2.75) is 31.7 Å². The van der Waals surface area contributed by atoms with E-state index in [0.29, 0.717) is 19.6 Å². The summed E-state index contributed by atoms with van der Waals surface area (Å²) in [6.45, 7) is 2.13. The van der Waals surface area contributed by atoms with Gasteiger partial charge in [-0.25, -0.2) is 0 Å². The van der Waals surface area contributed by atoms with Crippen molar-refractivity contribution in [2.75, 3.05) is 19.7 Å². The first kappa shape index (κ1) is 18.5. The van der Waals surface area contributed by atoms with E-state index < -0.39 is 0 Å². The molecule has 1 amide bonds. The zero-order valence-electron chi connectivity index (χ0n) is 12.0. The summed E-state index contributed by atoms with van der Waals surface area (Å²) < 4.78 is 6.81. The summed E-state index contributed by atoms with van der Waals surface area (Å²) in [6, 6.07) is 8.07. The van der Waals surface area contributed by atoms with Gasteiger partial charge in [-0.05, 0) is 66.1 Å². The molecule has 21 heavy (non-hydrogen) atoms. The van der Waals surface area contributed by atoms with Gasteiger partial charge < -0.3 is 15.4 Å². The molecule has 1 atom stereocenters. The monoisotopic (exact) mass is 424 g/mol. The first-order valence-corrected chi connectivity index (χ1v) is 8.15. The van der Waals surface area contributed by atoms with E-state index in [-0.39, 0.29) is 24.4 Å². The van der Waals surface area contributed by atoms with Gasteiger partial charge in [-0.15, -0.1) is 12.4 Å². The number of carbonyl (C=O) groups is 1. The van der Waals surface area contributed by atoms with Crippen LogP contribution in [0.3, 0.4) is 0 Å². The lowest BCUT2D eigenvalue weighted by molar-refractivity contribution is -0.132. The van der Waals surface area contributed by atoms with Crippen LogP contribution in [0.4, 0.5) is 0 Å². The lowest BCUT2D eigenvalue weighted by Crippen LogP contribution is -2.45. The molecule has 1 aromatic rings. The molecule has 1 unspecified atom stereocenters. The third-order valence-corrected chi connectivity index (χ3v) is 4.15. The summed E-state index contributed by atoms with van der Waals surface area (Å²) in [7, 11) is 0. The van der Waals surface area contributed by atoms with Crippen LogP contribution >= 0.6 is 35.0 Å². The minimum atomic E-state index is 0. The summed E-state index contributed by atoms with van der Waals surface area (Å²) in [5.41, 5.74) is 5.89. The molecule has 0 spiro atoms. The first-order chi connectivity index (χ1) is 9.65. The molecule has 0 saturated carbocycles. The molecule has 1 aromatic carbocycles. The largest absolute Gasteiger partial charge is 0.494 e. The van der Waals surface area contributed by atoms with E-state index in [4.69, 9.17) is 10.5 Å². The minimum absolute atomic E-state index is 0. The number of hydrogen-bond donors (Lipinski definition) is 1. The summed E-state index contributed by atoms with van der Waals surface area (Å²) in [5.74, 6) is 1.06. The number of nitrogens with zero attached hydrogens (tertiary/aromatic N) is 1. The van der Waals surface area contributed by atoms with Crippen molar-refractivity contribution in [3.63, 3.8) is 0 Å². The van der Waals surface area contributed by atoms with Crippen molar-refractivity contribution in [1.82, 2.24) is 4.90 Å². The van der Waals surface area contributed by atoms with Crippen molar-refractivity contribution in [3.8, 4) is 5.75 Å². The lowest BCUT2D eigenvalue weighted by Gasteiger charge is -2.30. The highest BCUT2D eigenvalue weighted by Crippen LogP contribution is 2.14. The molecule has 0 radical (unpaired) electrons. The number of hydrogen-bond acceptors (Lipinski definition) is 3. The van der Waals surface area contributed by atoms with Crippen LogP contribution in [0.2, 0.25) is 0 Å². The van der Waals surface area contributed by atoms with Gasteiger partial charge in [0.2, 0.25) is 5.91 Å². The fraction of sp³-hybridized carbons (Fsp3) is 0.533. The second kappa shape index (κ2) is 9.48. The maximum absolute atomic E-state index is 12.0. The van der Waals surface area contributed by atoms with E-state index in [0.717, 1.165) is 31.6 Å². The molecule has 6 heteroatoms. The highest BCUT2D eigenvalue weighted by Gasteiger charge is 2.20. The van der Waals surface area contributed by atoms with Crippen molar-refractivity contribution in [1.29, 1.82) is 0 Å². The Kier molecular flexibility index (Phi) is 8.36. The van der Waals surface area contributed by atoms with Gasteiger partial charge in [0.1, 0.15) is 5.75 Å². The smallest absolute Gasteiger partial charge is 0.222 e. The Hall–Kier alpha value is -0.530. The van der Waals surface area contributed by atoms with Gasteiger partial charge in [0, 0.05) is 29.1 Å². The van der Waals surface area contributed by atoms with Crippen molar-refractivity contribution < 1.29 is 9.53 Å². The van der Waals surface area contributed by atoms with E-state index in [2.05, 4.69) is 22.6 Å². The summed E-state index contributed by atoms with van der Waals surface area (Å²) in [4.78, 5) is 13.9. The summed E-state index contributed by atoms with van der Waals surface area (Å²) in [5, 5.41) is 0. The van der Waals surface area contributed by atoms with Crippen LogP contribution in [-0.4, -0.2) is 36.5 Å². The second-order valence-electron chi connectivity index (χ2n) is 5.15. The SMILES string of the molecule is Cl.NC1CCCN(C(=O)CCCOc2ccc(I)cc2)C1. The standard InChI is InChI=1S/C15H21IN2O2.ClH/c16-12-5-7-14(8-6-12)20-10-2-4-15(19)18-9-1-3-13(17)11-18;/h5-8,13H,1-4,9-11,17H2;1H. The molecule has 1 fully saturated rings. The van der Waals surface area contributed by atoms with Crippen LogP contribution in [0.1, 0.15) is 25.7 Å². The molecule has 4 nitrogen and oxygen atoms in total. The Morgan fingerprint density at radius 1 is 1.38 bits per heavy atom. The van der Waals surface area contributed by atoms with Gasteiger partial charge in [0.25, 0.3) is 0 Å². The van der Waals surface area contributed by atoms with Crippen molar-refractivity contribution >= 4 is 40.9 Å². The fourth-order valence-corrected chi connectivity index (χ4v) is 2.70. The van der Waals surface area contributed by atoms with Crippen LogP contribution in [0, 0.1) is 3.57 Å². The molecule has 1 aliphatic heterocycles. The van der Waals surface area contributed by atoms with Crippen LogP contribution < -0.4 is 10.5 Å². The summed E-state index contributed by atoms with van der Waals surface area (Å²) in [6.07, 6.45) is 3.33. The van der Waals surface area contributed by atoms with Gasteiger partial charge in [-0.2, -0.15) is 0 Å². The minimum Gasteiger partial charge on any atom is -0.494 e. The number of amides is 1. The molecule has 1 saturated heterocycles. The molecule has 0 aliphatic carbocycles. The number of halogens is 2. The summed E-state index contributed by atoms with van der Waals surface area (Å²) >= 11 is 2.26. The van der Waals surface area contributed by atoms with Gasteiger partial charge in [0.15, 0.2) is 0 Å². The molecule has 2 rings (SSSR count). The van der Waals surface area contributed by atoms with Gasteiger partial charge in [-0.1, -0.05) is 0 Å². The number of nitrogens with two attached hydrogens (primary N) is 1.